The van der Waals surface area contributed by atoms with Gasteiger partial charge in [-0.1, -0.05) is 6.07 Å². The van der Waals surface area contributed by atoms with Crippen LogP contribution in [0.25, 0.3) is 0 Å². The summed E-state index contributed by atoms with van der Waals surface area (Å²) in [6.45, 7) is 1.43. The number of hydrogen-bond donors (Lipinski definition) is 1. The molecule has 0 spiro atoms. The highest BCUT2D eigenvalue weighted by Gasteiger charge is 2.48. The summed E-state index contributed by atoms with van der Waals surface area (Å²) in [5.41, 5.74) is -0.582. The lowest BCUT2D eigenvalue weighted by molar-refractivity contribution is -0.147. The predicted octanol–water partition coefficient (Wildman–Crippen LogP) is 2.23. The minimum Gasteiger partial charge on any atom is -0.468 e. The van der Waals surface area contributed by atoms with E-state index in [1.54, 1.807) is 0 Å². The molecule has 1 N–H and O–H groups in total. The summed E-state index contributed by atoms with van der Waals surface area (Å²) in [5, 5.41) is 9.71. The molecule has 1 aliphatic rings. The van der Waals surface area contributed by atoms with E-state index in [-0.39, 0.29) is 12.0 Å². The van der Waals surface area contributed by atoms with Gasteiger partial charge in [0.2, 0.25) is 0 Å². The summed E-state index contributed by atoms with van der Waals surface area (Å²) < 4.78 is 31.7. The highest BCUT2D eigenvalue weighted by Crippen LogP contribution is 2.44. The number of carbonyl (C=O) groups excluding carboxylic acids is 1. The van der Waals surface area contributed by atoms with Crippen molar-refractivity contribution < 1.29 is 23.4 Å². The van der Waals surface area contributed by atoms with E-state index in [2.05, 4.69) is 0 Å². The second-order valence-corrected chi connectivity index (χ2v) is 5.00. The minimum absolute atomic E-state index is 0.0968. The molecule has 0 amide bonds. The first-order valence-electron chi connectivity index (χ1n) is 6.14. The van der Waals surface area contributed by atoms with E-state index >= 15 is 0 Å². The lowest BCUT2D eigenvalue weighted by atomic mass is 9.76. The summed E-state index contributed by atoms with van der Waals surface area (Å²) in [6.07, 6.45) is 0.345. The van der Waals surface area contributed by atoms with Crippen LogP contribution >= 0.6 is 0 Å². The van der Waals surface area contributed by atoms with Crippen molar-refractivity contribution in [3.8, 4) is 0 Å². The Bertz CT molecular complexity index is 516. The summed E-state index contributed by atoms with van der Waals surface area (Å²) in [4.78, 5) is 12.1. The molecule has 5 heteroatoms. The lowest BCUT2D eigenvalue weighted by Gasteiger charge is -2.28. The van der Waals surface area contributed by atoms with Crippen molar-refractivity contribution >= 4 is 5.97 Å². The van der Waals surface area contributed by atoms with Gasteiger partial charge >= 0.3 is 5.97 Å². The molecule has 1 aliphatic carbocycles. The second kappa shape index (κ2) is 4.89. The lowest BCUT2D eigenvalue weighted by Crippen LogP contribution is -2.36. The van der Waals surface area contributed by atoms with E-state index in [1.807, 2.05) is 0 Å². The highest BCUT2D eigenvalue weighted by atomic mass is 19.2. The third-order valence-electron chi connectivity index (χ3n) is 3.92. The first kappa shape index (κ1) is 13.9. The second-order valence-electron chi connectivity index (χ2n) is 5.00. The summed E-state index contributed by atoms with van der Waals surface area (Å²) >= 11 is 0. The highest BCUT2D eigenvalue weighted by molar-refractivity contribution is 5.84. The zero-order chi connectivity index (χ0) is 14.2. The topological polar surface area (TPSA) is 46.5 Å². The number of benzene rings is 1. The Balaban J connectivity index is 2.57. The molecule has 0 heterocycles. The molecule has 104 valence electrons. The standard InChI is InChI=1S/C14H16F2O3/c1-8-10(3-4-11(15)12(8)16)14(13(18)19-2)6-5-9(17)7-14/h3-4,9,17H,5-7H2,1-2H3/t9-,14?/m0/s1. The maximum absolute atomic E-state index is 13.7. The van der Waals surface area contributed by atoms with E-state index in [9.17, 15) is 18.7 Å². The van der Waals surface area contributed by atoms with Gasteiger partial charge < -0.3 is 9.84 Å². The smallest absolute Gasteiger partial charge is 0.316 e. The average molecular weight is 270 g/mol. The van der Waals surface area contributed by atoms with Gasteiger partial charge in [0.05, 0.1) is 18.6 Å². The maximum atomic E-state index is 13.7. The third-order valence-corrected chi connectivity index (χ3v) is 3.92. The zero-order valence-corrected chi connectivity index (χ0v) is 10.9. The Kier molecular flexibility index (Phi) is 3.58. The Morgan fingerprint density at radius 1 is 1.47 bits per heavy atom. The number of halogens is 2. The molecule has 1 aromatic carbocycles. The van der Waals surface area contributed by atoms with Crippen molar-refractivity contribution in [1.29, 1.82) is 0 Å². The first-order valence-corrected chi connectivity index (χ1v) is 6.14. The van der Waals surface area contributed by atoms with Gasteiger partial charge in [0, 0.05) is 0 Å². The molecule has 1 saturated carbocycles. The van der Waals surface area contributed by atoms with Crippen molar-refractivity contribution in [2.45, 2.75) is 37.7 Å². The van der Waals surface area contributed by atoms with Gasteiger partial charge in [-0.2, -0.15) is 0 Å². The van der Waals surface area contributed by atoms with Crippen molar-refractivity contribution in [3.63, 3.8) is 0 Å². The number of carbonyl (C=O) groups is 1. The largest absolute Gasteiger partial charge is 0.468 e. The van der Waals surface area contributed by atoms with Crippen LogP contribution in [0.4, 0.5) is 8.78 Å². The van der Waals surface area contributed by atoms with Crippen molar-refractivity contribution in [2.75, 3.05) is 7.11 Å². The molecule has 2 rings (SSSR count). The fraction of sp³-hybridized carbons (Fsp3) is 0.500. The first-order chi connectivity index (χ1) is 8.92. The molecule has 2 atom stereocenters. The molecule has 0 saturated heterocycles. The fourth-order valence-electron chi connectivity index (χ4n) is 2.93. The molecule has 1 fully saturated rings. The molecule has 0 aromatic heterocycles. The third kappa shape index (κ3) is 2.12. The maximum Gasteiger partial charge on any atom is 0.316 e. The molecule has 0 bridgehead atoms. The Labute approximate surface area is 110 Å². The predicted molar refractivity (Wildman–Crippen MR) is 64.6 cm³/mol. The Morgan fingerprint density at radius 3 is 2.68 bits per heavy atom. The normalized spacial score (nSPS) is 26.5. The Morgan fingerprint density at radius 2 is 2.16 bits per heavy atom. The van der Waals surface area contributed by atoms with Crippen LogP contribution in [-0.4, -0.2) is 24.3 Å². The monoisotopic (exact) mass is 270 g/mol. The van der Waals surface area contributed by atoms with Crippen LogP contribution in [-0.2, 0) is 14.9 Å². The van der Waals surface area contributed by atoms with Crippen molar-refractivity contribution in [2.24, 2.45) is 0 Å². The minimum atomic E-state index is -1.08. The number of aliphatic hydroxyl groups is 1. The molecular formula is C14H16F2O3. The molecule has 19 heavy (non-hydrogen) atoms. The Hall–Kier alpha value is -1.49. The molecule has 1 unspecified atom stereocenters. The van der Waals surface area contributed by atoms with Crippen LogP contribution in [0.2, 0.25) is 0 Å². The van der Waals surface area contributed by atoms with Crippen LogP contribution in [0.15, 0.2) is 12.1 Å². The van der Waals surface area contributed by atoms with Gasteiger partial charge in [-0.25, -0.2) is 8.78 Å². The zero-order valence-electron chi connectivity index (χ0n) is 10.9. The van der Waals surface area contributed by atoms with Crippen LogP contribution in [0, 0.1) is 18.6 Å². The van der Waals surface area contributed by atoms with Gasteiger partial charge in [0.15, 0.2) is 11.6 Å². The van der Waals surface area contributed by atoms with Crippen molar-refractivity contribution in [1.82, 2.24) is 0 Å². The van der Waals surface area contributed by atoms with Crippen LogP contribution in [0.5, 0.6) is 0 Å². The van der Waals surface area contributed by atoms with E-state index in [1.165, 1.54) is 20.1 Å². The number of methoxy groups -OCH3 is 1. The van der Waals surface area contributed by atoms with Gasteiger partial charge in [-0.3, -0.25) is 4.79 Å². The molecule has 1 aromatic rings. The van der Waals surface area contributed by atoms with E-state index in [0.717, 1.165) is 6.07 Å². The molecule has 0 aliphatic heterocycles. The SMILES string of the molecule is COC(=O)C1(c2ccc(F)c(F)c2C)CC[C@H](O)C1. The quantitative estimate of drug-likeness (QED) is 0.838. The van der Waals surface area contributed by atoms with Gasteiger partial charge in [0.1, 0.15) is 0 Å². The number of ether oxygens (including phenoxy) is 1. The number of esters is 1. The van der Waals surface area contributed by atoms with Crippen molar-refractivity contribution in [3.05, 3.63) is 34.9 Å². The van der Waals surface area contributed by atoms with Gasteiger partial charge in [-0.05, 0) is 43.4 Å². The summed E-state index contributed by atoms with van der Waals surface area (Å²) in [7, 11) is 1.25. The number of rotatable bonds is 2. The van der Waals surface area contributed by atoms with Gasteiger partial charge in [0.25, 0.3) is 0 Å². The molecule has 0 radical (unpaired) electrons. The average Bonchev–Trinajstić information content (AvgIpc) is 2.78. The number of aliphatic hydroxyl groups excluding tert-OH is 1. The molecular weight excluding hydrogens is 254 g/mol. The van der Waals surface area contributed by atoms with Crippen LogP contribution in [0.3, 0.4) is 0 Å². The summed E-state index contributed by atoms with van der Waals surface area (Å²) in [5.74, 6) is -2.42. The van der Waals surface area contributed by atoms with E-state index in [0.29, 0.717) is 18.4 Å². The fourth-order valence-corrected chi connectivity index (χ4v) is 2.93. The van der Waals surface area contributed by atoms with Gasteiger partial charge in [-0.15, -0.1) is 0 Å². The number of hydrogen-bond acceptors (Lipinski definition) is 3. The summed E-state index contributed by atoms with van der Waals surface area (Å²) in [6, 6.07) is 2.41. The van der Waals surface area contributed by atoms with E-state index in [4.69, 9.17) is 4.74 Å². The van der Waals surface area contributed by atoms with Crippen LogP contribution < -0.4 is 0 Å². The van der Waals surface area contributed by atoms with E-state index < -0.39 is 29.1 Å². The van der Waals surface area contributed by atoms with Crippen LogP contribution in [0.1, 0.15) is 30.4 Å². The molecule has 3 nitrogen and oxygen atoms in total.